The maximum Gasteiger partial charge on any atom is 0.371 e. The van der Waals surface area contributed by atoms with Crippen LogP contribution in [0.5, 0.6) is 0 Å². The van der Waals surface area contributed by atoms with E-state index >= 15 is 0 Å². The van der Waals surface area contributed by atoms with Gasteiger partial charge >= 0.3 is 17.9 Å². The molecule has 0 unspecified atom stereocenters. The second-order valence-electron chi connectivity index (χ2n) is 6.35. The van der Waals surface area contributed by atoms with Gasteiger partial charge in [-0.3, -0.25) is 0 Å². The Balaban J connectivity index is 2.27. The summed E-state index contributed by atoms with van der Waals surface area (Å²) in [5.74, 6) is -3.38. The van der Waals surface area contributed by atoms with Gasteiger partial charge in [0.25, 0.3) is 11.5 Å². The molecule has 22 heavy (non-hydrogen) atoms. The summed E-state index contributed by atoms with van der Waals surface area (Å²) in [4.78, 5) is 39.3. The molecule has 0 N–H and O–H groups in total. The molecule has 1 aliphatic heterocycles. The summed E-state index contributed by atoms with van der Waals surface area (Å²) in [6, 6.07) is 0. The number of hydrogen-bond donors (Lipinski definition) is 0. The van der Waals surface area contributed by atoms with Crippen molar-refractivity contribution < 1.29 is 28.7 Å². The van der Waals surface area contributed by atoms with E-state index in [0.717, 1.165) is 19.8 Å². The van der Waals surface area contributed by atoms with Crippen LogP contribution < -0.4 is 0 Å². The van der Waals surface area contributed by atoms with Crippen LogP contribution in [0.2, 0.25) is 0 Å². The predicted octanol–water partition coefficient (Wildman–Crippen LogP) is 1.79. The lowest BCUT2D eigenvalue weighted by Crippen LogP contribution is -2.58. The first-order chi connectivity index (χ1) is 10.2. The first-order valence-electron chi connectivity index (χ1n) is 7.47. The number of oxime groups is 1. The third kappa shape index (κ3) is 3.13. The van der Waals surface area contributed by atoms with E-state index in [0.29, 0.717) is 6.42 Å². The van der Waals surface area contributed by atoms with Gasteiger partial charge in [-0.05, 0) is 24.7 Å². The van der Waals surface area contributed by atoms with Gasteiger partial charge in [0, 0.05) is 19.3 Å². The van der Waals surface area contributed by atoms with Crippen molar-refractivity contribution in [3.8, 4) is 0 Å². The summed E-state index contributed by atoms with van der Waals surface area (Å²) in [5, 5.41) is 3.23. The first kappa shape index (κ1) is 16.5. The van der Waals surface area contributed by atoms with E-state index in [4.69, 9.17) is 9.47 Å². The summed E-state index contributed by atoms with van der Waals surface area (Å²) in [6.07, 6.45) is 2.28. The Hall–Kier alpha value is -1.92. The summed E-state index contributed by atoms with van der Waals surface area (Å²) < 4.78 is 10.9. The largest absolute Gasteiger partial charge is 0.417 e. The highest BCUT2D eigenvalue weighted by molar-refractivity contribution is 6.63. The van der Waals surface area contributed by atoms with Crippen molar-refractivity contribution in [3.63, 3.8) is 0 Å². The maximum atomic E-state index is 12.1. The van der Waals surface area contributed by atoms with Gasteiger partial charge in [-0.1, -0.05) is 25.9 Å². The summed E-state index contributed by atoms with van der Waals surface area (Å²) in [7, 11) is 0. The Morgan fingerprint density at radius 2 is 1.86 bits per heavy atom. The zero-order chi connectivity index (χ0) is 16.5. The van der Waals surface area contributed by atoms with Gasteiger partial charge in [-0.25, -0.2) is 14.4 Å². The summed E-state index contributed by atoms with van der Waals surface area (Å²) in [6.45, 7) is 7.16. The minimum atomic E-state index is -1.24. The minimum Gasteiger partial charge on any atom is -0.417 e. The second kappa shape index (κ2) is 6.06. The van der Waals surface area contributed by atoms with Gasteiger partial charge in [0.1, 0.15) is 0 Å². The zero-order valence-corrected chi connectivity index (χ0v) is 13.3. The molecule has 122 valence electrons. The molecule has 1 saturated carbocycles. The Morgan fingerprint density at radius 1 is 1.27 bits per heavy atom. The van der Waals surface area contributed by atoms with E-state index in [1.54, 1.807) is 0 Å². The third-order valence-electron chi connectivity index (χ3n) is 4.16. The van der Waals surface area contributed by atoms with E-state index in [2.05, 4.69) is 9.99 Å². The van der Waals surface area contributed by atoms with Crippen molar-refractivity contribution >= 4 is 23.6 Å². The van der Waals surface area contributed by atoms with Gasteiger partial charge in [0.15, 0.2) is 0 Å². The van der Waals surface area contributed by atoms with Crippen molar-refractivity contribution in [1.82, 2.24) is 0 Å². The normalized spacial score (nSPS) is 31.8. The molecule has 2 atom stereocenters. The number of carbonyl (C=O) groups excluding carboxylic acids is 3. The smallest absolute Gasteiger partial charge is 0.371 e. The lowest BCUT2D eigenvalue weighted by Gasteiger charge is -2.47. The van der Waals surface area contributed by atoms with E-state index in [1.807, 2.05) is 20.8 Å². The fourth-order valence-electron chi connectivity index (χ4n) is 3.20. The molecule has 1 heterocycles. The van der Waals surface area contributed by atoms with E-state index in [-0.39, 0.29) is 17.8 Å². The van der Waals surface area contributed by atoms with Crippen LogP contribution in [-0.2, 0) is 28.7 Å². The molecule has 0 radical (unpaired) electrons. The highest BCUT2D eigenvalue weighted by atomic mass is 16.8. The Labute approximate surface area is 129 Å². The lowest BCUT2D eigenvalue weighted by molar-refractivity contribution is -0.268. The number of carbonyl (C=O) groups is 3. The number of ether oxygens (including phenoxy) is 2. The molecule has 2 rings (SSSR count). The highest BCUT2D eigenvalue weighted by Crippen LogP contribution is 2.45. The Morgan fingerprint density at radius 3 is 2.36 bits per heavy atom. The molecule has 2 fully saturated rings. The highest BCUT2D eigenvalue weighted by Gasteiger charge is 2.55. The Bertz CT molecular complexity index is 504. The fourth-order valence-corrected chi connectivity index (χ4v) is 3.20. The average Bonchev–Trinajstić information content (AvgIpc) is 2.36. The average molecular weight is 311 g/mol. The van der Waals surface area contributed by atoms with Crippen LogP contribution in [0.3, 0.4) is 0 Å². The van der Waals surface area contributed by atoms with Gasteiger partial charge in [0.05, 0.1) is 0 Å². The van der Waals surface area contributed by atoms with Gasteiger partial charge in [-0.15, -0.1) is 0 Å². The first-order valence-corrected chi connectivity index (χ1v) is 7.47. The van der Waals surface area contributed by atoms with Crippen molar-refractivity contribution in [2.75, 3.05) is 0 Å². The van der Waals surface area contributed by atoms with Gasteiger partial charge in [0.2, 0.25) is 0 Å². The molecule has 2 aliphatic rings. The van der Waals surface area contributed by atoms with Crippen LogP contribution in [0, 0.1) is 17.8 Å². The molecule has 1 saturated heterocycles. The lowest BCUT2D eigenvalue weighted by atomic mass is 9.72. The van der Waals surface area contributed by atoms with Crippen LogP contribution in [0.4, 0.5) is 0 Å². The van der Waals surface area contributed by atoms with E-state index < -0.39 is 29.4 Å². The van der Waals surface area contributed by atoms with E-state index in [9.17, 15) is 14.4 Å². The van der Waals surface area contributed by atoms with Crippen molar-refractivity contribution in [2.45, 2.75) is 52.7 Å². The van der Waals surface area contributed by atoms with Crippen LogP contribution in [0.25, 0.3) is 0 Å². The maximum absolute atomic E-state index is 12.1. The van der Waals surface area contributed by atoms with Crippen LogP contribution in [0.1, 0.15) is 47.0 Å². The molecule has 0 bridgehead atoms. The van der Waals surface area contributed by atoms with Gasteiger partial charge in [-0.2, -0.15) is 0 Å². The second-order valence-corrected chi connectivity index (χ2v) is 6.35. The molecule has 1 spiro atoms. The van der Waals surface area contributed by atoms with Crippen molar-refractivity contribution in [2.24, 2.45) is 22.9 Å². The quantitative estimate of drug-likeness (QED) is 0.438. The number of rotatable bonds is 2. The molecular formula is C15H21NO6. The van der Waals surface area contributed by atoms with Crippen LogP contribution in [0.15, 0.2) is 5.16 Å². The zero-order valence-electron chi connectivity index (χ0n) is 13.3. The molecule has 1 aliphatic carbocycles. The Kier molecular flexibility index (Phi) is 4.53. The molecular weight excluding hydrogens is 290 g/mol. The van der Waals surface area contributed by atoms with Crippen LogP contribution in [-0.4, -0.2) is 29.4 Å². The molecule has 0 amide bonds. The molecule has 7 nitrogen and oxygen atoms in total. The van der Waals surface area contributed by atoms with Crippen molar-refractivity contribution in [3.05, 3.63) is 0 Å². The van der Waals surface area contributed by atoms with E-state index in [1.165, 1.54) is 0 Å². The standard InChI is InChI=1S/C15H21NO6/c1-8(2)11-6-5-9(3)7-15(11)20-13(18)12(14(19)21-15)16-22-10(4)17/h8-9,11H,5-7H2,1-4H3/t9-,11+,15?/m1/s1. The predicted molar refractivity (Wildman–Crippen MR) is 75.5 cm³/mol. The summed E-state index contributed by atoms with van der Waals surface area (Å²) >= 11 is 0. The SMILES string of the molecule is CC(=O)ON=C1C(=O)OC2(C[C@H](C)CC[C@H]2C(C)C)OC1=O. The van der Waals surface area contributed by atoms with Gasteiger partial charge < -0.3 is 14.3 Å². The number of nitrogens with zero attached hydrogens (tertiary/aromatic N) is 1. The summed E-state index contributed by atoms with van der Waals surface area (Å²) in [5.41, 5.74) is -0.637. The fraction of sp³-hybridized carbons (Fsp3) is 0.733. The molecule has 7 heteroatoms. The monoisotopic (exact) mass is 311 g/mol. The minimum absolute atomic E-state index is 0.0631. The molecule has 0 aromatic heterocycles. The van der Waals surface area contributed by atoms with Crippen LogP contribution >= 0.6 is 0 Å². The molecule has 0 aromatic carbocycles. The topological polar surface area (TPSA) is 91.3 Å². The third-order valence-corrected chi connectivity index (χ3v) is 4.16. The number of hydrogen-bond acceptors (Lipinski definition) is 7. The van der Waals surface area contributed by atoms with Crippen molar-refractivity contribution in [1.29, 1.82) is 0 Å². The molecule has 0 aromatic rings. The number of esters is 2.